The molecule has 48 valence electrons. The number of ether oxygens (including phenoxy) is 1. The minimum Gasteiger partial charge on any atom is -0.465 e. The van der Waals surface area contributed by atoms with E-state index in [9.17, 15) is 4.79 Å². The average molecular weight is 138 g/mol. The molecule has 0 radical (unpaired) electrons. The van der Waals surface area contributed by atoms with E-state index in [1.165, 1.54) is 0 Å². The van der Waals surface area contributed by atoms with Crippen molar-refractivity contribution in [2.24, 2.45) is 0 Å². The van der Waals surface area contributed by atoms with Crippen LogP contribution in [0.15, 0.2) is 0 Å². The van der Waals surface area contributed by atoms with Crippen LogP contribution in [0.4, 0.5) is 0 Å². The van der Waals surface area contributed by atoms with Gasteiger partial charge < -0.3 is 4.74 Å². The molecule has 0 fully saturated rings. The Morgan fingerprint density at radius 3 is 2.88 bits per heavy atom. The largest absolute Gasteiger partial charge is 0.465 e. The number of rotatable bonds is 3. The van der Waals surface area contributed by atoms with Gasteiger partial charge in [-0.3, -0.25) is 4.79 Å². The quantitative estimate of drug-likeness (QED) is 0.449. The summed E-state index contributed by atoms with van der Waals surface area (Å²) in [6.07, 6.45) is 0. The van der Waals surface area contributed by atoms with E-state index in [-0.39, 0.29) is 12.5 Å². The van der Waals surface area contributed by atoms with Crippen LogP contribution >= 0.6 is 11.8 Å². The molecule has 0 saturated carbocycles. The fourth-order valence-electron chi connectivity index (χ4n) is 0.267. The zero-order chi connectivity index (χ0) is 6.41. The maximum atomic E-state index is 10.3. The van der Waals surface area contributed by atoms with Gasteiger partial charge >= 0.3 is 5.97 Å². The predicted molar refractivity (Wildman–Crippen MR) is 30.5 cm³/mol. The maximum Gasteiger partial charge on any atom is 0.321 e. The highest BCUT2D eigenvalue weighted by Gasteiger charge is 1.95. The molecule has 0 rings (SSSR count). The monoisotopic (exact) mass is 137 g/mol. The van der Waals surface area contributed by atoms with Crippen LogP contribution in [0.3, 0.4) is 0 Å². The van der Waals surface area contributed by atoms with E-state index in [0.717, 1.165) is 0 Å². The Labute approximate surface area is 53.1 Å². The Morgan fingerprint density at radius 1 is 1.88 bits per heavy atom. The first-order valence-electron chi connectivity index (χ1n) is 2.30. The first kappa shape index (κ1) is 7.72. The highest BCUT2D eigenvalue weighted by Crippen LogP contribution is 1.74. The van der Waals surface area contributed by atoms with E-state index in [1.54, 1.807) is 6.92 Å². The first-order valence-corrected chi connectivity index (χ1v) is 2.68. The van der Waals surface area contributed by atoms with Crippen molar-refractivity contribution < 1.29 is 9.53 Å². The fraction of sp³-hybridized carbons (Fsp3) is 0.750. The van der Waals surface area contributed by atoms with Crippen LogP contribution in [0.25, 0.3) is 0 Å². The maximum absolute atomic E-state index is 10.3. The van der Waals surface area contributed by atoms with E-state index in [2.05, 4.69) is 9.57 Å². The molecule has 0 aromatic heterocycles. The molecule has 0 bridgehead atoms. The van der Waals surface area contributed by atoms with Crippen molar-refractivity contribution in [3.63, 3.8) is 0 Å². The Morgan fingerprint density at radius 2 is 2.50 bits per heavy atom. The number of esters is 1. The summed E-state index contributed by atoms with van der Waals surface area (Å²) in [6, 6.07) is 0. The number of carbonyl (C=O) groups is 1. The molecule has 0 spiro atoms. The second-order valence-electron chi connectivity index (χ2n) is 1.12. The molecule has 0 unspecified atom stereocenters. The Kier molecular flexibility index (Phi) is 4.70. The van der Waals surface area contributed by atoms with Gasteiger partial charge in [0.1, 0.15) is 6.54 Å². The molecule has 0 amide bonds. The lowest BCUT2D eigenvalue weighted by Crippen LogP contribution is -2.16. The van der Waals surface area contributed by atoms with Gasteiger partial charge in [-0.2, -0.15) is 0 Å². The van der Waals surface area contributed by atoms with E-state index < -0.39 is 0 Å². The van der Waals surface area contributed by atoms with Gasteiger partial charge in [0.25, 0.3) is 0 Å². The summed E-state index contributed by atoms with van der Waals surface area (Å²) in [4.78, 5) is 12.4. The minimum absolute atomic E-state index is 0.0649. The summed E-state index contributed by atoms with van der Waals surface area (Å²) in [5.41, 5.74) is 0. The highest BCUT2D eigenvalue weighted by molar-refractivity contribution is 6.14. The number of carbonyl (C=O) groups excluding carboxylic acids is 1. The molecule has 4 heteroatoms. The summed E-state index contributed by atoms with van der Waals surface area (Å²) in [5.74, 6) is -0.331. The van der Waals surface area contributed by atoms with Gasteiger partial charge in [0, 0.05) is 0 Å². The smallest absolute Gasteiger partial charge is 0.321 e. The van der Waals surface area contributed by atoms with Crippen LogP contribution in [-0.2, 0) is 9.53 Å². The average Bonchev–Trinajstić information content (AvgIpc) is 1.68. The number of halogens is 1. The van der Waals surface area contributed by atoms with Crippen LogP contribution in [-0.4, -0.2) is 19.1 Å². The van der Waals surface area contributed by atoms with Crippen molar-refractivity contribution >= 4 is 17.7 Å². The lowest BCUT2D eigenvalue weighted by Gasteiger charge is -1.96. The van der Waals surface area contributed by atoms with Gasteiger partial charge in [-0.25, -0.2) is 4.84 Å². The van der Waals surface area contributed by atoms with E-state index in [0.29, 0.717) is 6.61 Å². The van der Waals surface area contributed by atoms with Gasteiger partial charge in [-0.15, -0.1) is 0 Å². The van der Waals surface area contributed by atoms with Crippen molar-refractivity contribution in [2.45, 2.75) is 6.92 Å². The molecule has 3 nitrogen and oxygen atoms in total. The third-order valence-corrected chi connectivity index (χ3v) is 0.650. The second kappa shape index (κ2) is 4.87. The fourth-order valence-corrected chi connectivity index (χ4v) is 0.376. The molecule has 0 aliphatic heterocycles. The molecule has 0 saturated heterocycles. The minimum atomic E-state index is -0.331. The summed E-state index contributed by atoms with van der Waals surface area (Å²) in [5, 5.41) is 0. The molecule has 1 N–H and O–H groups in total. The zero-order valence-corrected chi connectivity index (χ0v) is 5.36. The summed E-state index contributed by atoms with van der Waals surface area (Å²) in [7, 11) is 0. The summed E-state index contributed by atoms with van der Waals surface area (Å²) < 4.78 is 4.50. The highest BCUT2D eigenvalue weighted by atomic mass is 35.5. The van der Waals surface area contributed by atoms with Gasteiger partial charge in [0.15, 0.2) is 0 Å². The SMILES string of the molecule is CCOC(=O)CNCl. The van der Waals surface area contributed by atoms with Crippen LogP contribution in [0.1, 0.15) is 6.92 Å². The van der Waals surface area contributed by atoms with Crippen molar-refractivity contribution in [1.29, 1.82) is 0 Å². The molecular formula is C4H8ClNO2. The van der Waals surface area contributed by atoms with E-state index in [1.807, 2.05) is 0 Å². The van der Waals surface area contributed by atoms with Crippen molar-refractivity contribution in [3.8, 4) is 0 Å². The molecule has 0 atom stereocenters. The van der Waals surface area contributed by atoms with Crippen LogP contribution in [0.2, 0.25) is 0 Å². The Hall–Kier alpha value is -0.280. The zero-order valence-electron chi connectivity index (χ0n) is 4.61. The number of hydrogen-bond donors (Lipinski definition) is 1. The lowest BCUT2D eigenvalue weighted by atomic mass is 10.7. The molecule has 8 heavy (non-hydrogen) atoms. The van der Waals surface area contributed by atoms with Gasteiger partial charge in [-0.1, -0.05) is 0 Å². The normalized spacial score (nSPS) is 8.75. The molecule has 0 heterocycles. The Balaban J connectivity index is 3.06. The second-order valence-corrected chi connectivity index (χ2v) is 1.38. The van der Waals surface area contributed by atoms with Gasteiger partial charge in [0.05, 0.1) is 6.61 Å². The van der Waals surface area contributed by atoms with Crippen LogP contribution < -0.4 is 4.84 Å². The standard InChI is InChI=1S/C4H8ClNO2/c1-2-8-4(7)3-6-5/h6H,2-3H2,1H3. The topological polar surface area (TPSA) is 38.3 Å². The Bertz CT molecular complexity index is 68.4. The molecule has 0 aromatic carbocycles. The van der Waals surface area contributed by atoms with Crippen LogP contribution in [0.5, 0.6) is 0 Å². The molecule has 0 aromatic rings. The summed E-state index contributed by atoms with van der Waals surface area (Å²) in [6.45, 7) is 2.21. The lowest BCUT2D eigenvalue weighted by molar-refractivity contribution is -0.141. The molecule has 0 aliphatic carbocycles. The van der Waals surface area contributed by atoms with Crippen molar-refractivity contribution in [1.82, 2.24) is 4.84 Å². The van der Waals surface area contributed by atoms with Gasteiger partial charge in [-0.05, 0) is 18.7 Å². The van der Waals surface area contributed by atoms with Crippen molar-refractivity contribution in [3.05, 3.63) is 0 Å². The van der Waals surface area contributed by atoms with E-state index >= 15 is 0 Å². The third kappa shape index (κ3) is 3.89. The number of nitrogens with one attached hydrogen (secondary N) is 1. The molecular weight excluding hydrogens is 130 g/mol. The summed E-state index contributed by atoms with van der Waals surface area (Å²) >= 11 is 4.98. The predicted octanol–water partition coefficient (Wildman–Crippen LogP) is 0.293. The van der Waals surface area contributed by atoms with Crippen molar-refractivity contribution in [2.75, 3.05) is 13.2 Å². The van der Waals surface area contributed by atoms with Gasteiger partial charge in [0.2, 0.25) is 0 Å². The van der Waals surface area contributed by atoms with Crippen LogP contribution in [0, 0.1) is 0 Å². The third-order valence-electron chi connectivity index (χ3n) is 0.516. The molecule has 0 aliphatic rings. The number of hydrogen-bond acceptors (Lipinski definition) is 3. The first-order chi connectivity index (χ1) is 3.81. The van der Waals surface area contributed by atoms with E-state index in [4.69, 9.17) is 11.8 Å².